The predicted molar refractivity (Wildman–Crippen MR) is 156 cm³/mol. The number of aliphatic carboxylic acids is 1. The molecule has 210 valence electrons. The molecule has 1 fully saturated rings. The molecule has 4 N–H and O–H groups in total. The number of nitrogens with one attached hydrogen (secondary N) is 3. The van der Waals surface area contributed by atoms with Gasteiger partial charge in [0.1, 0.15) is 0 Å². The minimum Gasteiger partial charge on any atom is -0.481 e. The summed E-state index contributed by atoms with van der Waals surface area (Å²) in [5.74, 6) is 1.10. The first-order valence-corrected chi connectivity index (χ1v) is 14.3. The van der Waals surface area contributed by atoms with E-state index in [1.807, 2.05) is 18.2 Å². The van der Waals surface area contributed by atoms with Crippen molar-refractivity contribution in [3.63, 3.8) is 0 Å². The van der Waals surface area contributed by atoms with E-state index in [-0.39, 0.29) is 17.7 Å². The highest BCUT2D eigenvalue weighted by atomic mass is 32.1. The third-order valence-corrected chi connectivity index (χ3v) is 7.20. The highest BCUT2D eigenvalue weighted by Gasteiger charge is 2.21. The van der Waals surface area contributed by atoms with Crippen molar-refractivity contribution in [3.8, 4) is 22.5 Å². The average molecular weight is 553 g/mol. The number of thiol groups is 1. The second kappa shape index (κ2) is 16.0. The lowest BCUT2D eigenvalue weighted by molar-refractivity contribution is -0.141. The summed E-state index contributed by atoms with van der Waals surface area (Å²) in [6.45, 7) is 6.32. The smallest absolute Gasteiger partial charge is 0.306 e. The molecular weight excluding hydrogens is 512 g/mol. The molecule has 1 aromatic heterocycles. The number of benzene rings is 2. The number of carbonyl (C=O) groups excluding carboxylic acids is 1. The van der Waals surface area contributed by atoms with Gasteiger partial charge in [0, 0.05) is 36.9 Å². The lowest BCUT2D eigenvalue weighted by Gasteiger charge is -2.16. The van der Waals surface area contributed by atoms with Gasteiger partial charge in [0.05, 0.1) is 5.92 Å². The number of tetrazole rings is 1. The van der Waals surface area contributed by atoms with Gasteiger partial charge in [-0.3, -0.25) is 9.59 Å². The van der Waals surface area contributed by atoms with Gasteiger partial charge in [-0.05, 0) is 47.1 Å². The molecule has 1 aliphatic carbocycles. The van der Waals surface area contributed by atoms with Crippen LogP contribution in [0.1, 0.15) is 51.5 Å². The van der Waals surface area contributed by atoms with E-state index in [1.54, 1.807) is 0 Å². The number of aromatic nitrogens is 4. The minimum absolute atomic E-state index is 0.0185. The molecule has 1 unspecified atom stereocenters. The number of aromatic amines is 1. The van der Waals surface area contributed by atoms with Crippen molar-refractivity contribution < 1.29 is 14.7 Å². The third-order valence-electron chi connectivity index (χ3n) is 6.76. The first-order chi connectivity index (χ1) is 18.9. The van der Waals surface area contributed by atoms with E-state index in [0.29, 0.717) is 24.0 Å². The Morgan fingerprint density at radius 1 is 1.05 bits per heavy atom. The molecule has 0 spiro atoms. The molecule has 1 atom stereocenters. The van der Waals surface area contributed by atoms with E-state index >= 15 is 0 Å². The number of hydrogen-bond donors (Lipinski definition) is 5. The number of hydrogen-bond acceptors (Lipinski definition) is 7. The highest BCUT2D eigenvalue weighted by Crippen LogP contribution is 2.29. The van der Waals surface area contributed by atoms with Crippen molar-refractivity contribution in [1.29, 1.82) is 0 Å². The fourth-order valence-electron chi connectivity index (χ4n) is 4.67. The summed E-state index contributed by atoms with van der Waals surface area (Å²) in [5.41, 5.74) is 4.28. The van der Waals surface area contributed by atoms with E-state index in [4.69, 9.17) is 5.11 Å². The molecular formula is C29H40N6O3S. The van der Waals surface area contributed by atoms with Crippen LogP contribution in [-0.2, 0) is 16.1 Å². The number of nitrogens with zero attached hydrogens (tertiary/aromatic N) is 3. The average Bonchev–Trinajstić information content (AvgIpc) is 3.67. The maximum absolute atomic E-state index is 12.2. The van der Waals surface area contributed by atoms with E-state index in [2.05, 4.69) is 88.1 Å². The lowest BCUT2D eigenvalue weighted by Crippen LogP contribution is -2.36. The number of H-pyrrole nitrogens is 1. The summed E-state index contributed by atoms with van der Waals surface area (Å²) in [4.78, 5) is 22.4. The Labute approximate surface area is 236 Å². The molecule has 1 amide bonds. The zero-order chi connectivity index (χ0) is 28.0. The van der Waals surface area contributed by atoms with Crippen molar-refractivity contribution in [1.82, 2.24) is 31.3 Å². The largest absolute Gasteiger partial charge is 0.481 e. The van der Waals surface area contributed by atoms with Crippen LogP contribution in [0.3, 0.4) is 0 Å². The Balaban J connectivity index is 0.000000449. The molecule has 0 saturated heterocycles. The van der Waals surface area contributed by atoms with Crippen LogP contribution in [-0.4, -0.2) is 56.4 Å². The molecule has 0 bridgehead atoms. The van der Waals surface area contributed by atoms with E-state index in [9.17, 15) is 9.59 Å². The normalized spacial score (nSPS) is 14.1. The fraction of sp³-hybridized carbons (Fsp3) is 0.483. The van der Waals surface area contributed by atoms with Crippen LogP contribution in [0.2, 0.25) is 0 Å². The molecule has 0 aliphatic heterocycles. The molecule has 1 heterocycles. The second-order valence-electron chi connectivity index (χ2n) is 10.3. The van der Waals surface area contributed by atoms with E-state index in [1.165, 1.54) is 5.56 Å². The van der Waals surface area contributed by atoms with Crippen LogP contribution in [0.15, 0.2) is 48.5 Å². The van der Waals surface area contributed by atoms with Crippen molar-refractivity contribution in [2.45, 2.75) is 52.5 Å². The van der Waals surface area contributed by atoms with Crippen LogP contribution >= 0.6 is 12.6 Å². The molecule has 3 aromatic rings. The maximum Gasteiger partial charge on any atom is 0.306 e. The van der Waals surface area contributed by atoms with Gasteiger partial charge in [-0.15, -0.1) is 10.2 Å². The molecule has 2 aromatic carbocycles. The molecule has 10 heteroatoms. The SMILES string of the molecule is CC(C)CC(CS)C(=O)NCCNCc1ccc(-c2ccccc2-c2nn[nH]n2)cc1.O=C(O)C1CCCC1. The molecule has 1 aliphatic rings. The van der Waals surface area contributed by atoms with Gasteiger partial charge in [0.15, 0.2) is 0 Å². The number of amides is 1. The van der Waals surface area contributed by atoms with Crippen LogP contribution in [0.5, 0.6) is 0 Å². The van der Waals surface area contributed by atoms with Gasteiger partial charge in [-0.25, -0.2) is 0 Å². The predicted octanol–water partition coefficient (Wildman–Crippen LogP) is 4.59. The Bertz CT molecular complexity index is 1150. The van der Waals surface area contributed by atoms with Crippen molar-refractivity contribution in [3.05, 3.63) is 54.1 Å². The van der Waals surface area contributed by atoms with Gasteiger partial charge in [0.2, 0.25) is 11.7 Å². The Morgan fingerprint density at radius 2 is 1.74 bits per heavy atom. The second-order valence-corrected chi connectivity index (χ2v) is 10.6. The molecule has 4 rings (SSSR count). The van der Waals surface area contributed by atoms with Gasteiger partial charge < -0.3 is 15.7 Å². The molecule has 9 nitrogen and oxygen atoms in total. The summed E-state index contributed by atoms with van der Waals surface area (Å²) in [7, 11) is 0. The van der Waals surface area contributed by atoms with Crippen LogP contribution < -0.4 is 10.6 Å². The molecule has 1 saturated carbocycles. The Kier molecular flexibility index (Phi) is 12.4. The minimum atomic E-state index is -0.609. The summed E-state index contributed by atoms with van der Waals surface area (Å²) in [6.07, 6.45) is 4.88. The number of carboxylic acid groups (broad SMARTS) is 1. The maximum atomic E-state index is 12.2. The van der Waals surface area contributed by atoms with Gasteiger partial charge >= 0.3 is 5.97 Å². The van der Waals surface area contributed by atoms with Crippen molar-refractivity contribution >= 4 is 24.5 Å². The zero-order valence-electron chi connectivity index (χ0n) is 22.8. The number of carbonyl (C=O) groups is 2. The van der Waals surface area contributed by atoms with Crippen LogP contribution in [0, 0.1) is 17.8 Å². The zero-order valence-corrected chi connectivity index (χ0v) is 23.7. The monoisotopic (exact) mass is 552 g/mol. The van der Waals surface area contributed by atoms with E-state index in [0.717, 1.165) is 61.9 Å². The summed E-state index contributed by atoms with van der Waals surface area (Å²) < 4.78 is 0. The topological polar surface area (TPSA) is 133 Å². The number of carboxylic acids is 1. The van der Waals surface area contributed by atoms with E-state index < -0.39 is 5.97 Å². The summed E-state index contributed by atoms with van der Waals surface area (Å²) in [6, 6.07) is 16.4. The van der Waals surface area contributed by atoms with Crippen LogP contribution in [0.25, 0.3) is 22.5 Å². The quantitative estimate of drug-likeness (QED) is 0.164. The van der Waals surface area contributed by atoms with Gasteiger partial charge in [0.25, 0.3) is 0 Å². The highest BCUT2D eigenvalue weighted by molar-refractivity contribution is 7.80. The standard InChI is InChI=1S/C23H30N6OS.C6H10O2/c1-16(2)13-19(15-31)23(30)25-12-11-24-14-17-7-9-18(10-8-17)20-5-3-4-6-21(20)22-26-28-29-27-22;7-6(8)5-3-1-2-4-5/h3-10,16,19,24,31H,11-15H2,1-2H3,(H,25,30)(H,26,27,28,29);5H,1-4H2,(H,7,8). The molecule has 39 heavy (non-hydrogen) atoms. The first kappa shape index (κ1) is 30.3. The van der Waals surface area contributed by atoms with Crippen molar-refractivity contribution in [2.24, 2.45) is 17.8 Å². The van der Waals surface area contributed by atoms with Gasteiger partial charge in [-0.2, -0.15) is 17.8 Å². The Morgan fingerprint density at radius 3 is 2.31 bits per heavy atom. The number of rotatable bonds is 12. The summed E-state index contributed by atoms with van der Waals surface area (Å²) in [5, 5.41) is 29.2. The molecule has 0 radical (unpaired) electrons. The van der Waals surface area contributed by atoms with Crippen molar-refractivity contribution in [2.75, 3.05) is 18.8 Å². The lowest BCUT2D eigenvalue weighted by atomic mass is 9.98. The first-order valence-electron chi connectivity index (χ1n) is 13.6. The fourth-order valence-corrected chi connectivity index (χ4v) is 4.98. The summed E-state index contributed by atoms with van der Waals surface area (Å²) >= 11 is 4.31. The third kappa shape index (κ3) is 9.78. The Hall–Kier alpha value is -3.24. The van der Waals surface area contributed by atoms with Gasteiger partial charge in [-0.1, -0.05) is 75.2 Å². The van der Waals surface area contributed by atoms with Crippen LogP contribution in [0.4, 0.5) is 0 Å².